The summed E-state index contributed by atoms with van der Waals surface area (Å²) in [7, 11) is 1.72. The van der Waals surface area contributed by atoms with Crippen molar-refractivity contribution in [3.63, 3.8) is 0 Å². The van der Waals surface area contributed by atoms with Gasteiger partial charge in [-0.25, -0.2) is 9.78 Å². The molecule has 2 rings (SSSR count). The zero-order chi connectivity index (χ0) is 14.7. The topological polar surface area (TPSA) is 89.0 Å². The van der Waals surface area contributed by atoms with Gasteiger partial charge >= 0.3 is 5.97 Å². The molecule has 2 aromatic rings. The number of aromatic nitrogens is 3. The van der Waals surface area contributed by atoms with Crippen LogP contribution >= 0.6 is 0 Å². The summed E-state index contributed by atoms with van der Waals surface area (Å²) in [5, 5.41) is 2.68. The highest BCUT2D eigenvalue weighted by Gasteiger charge is 2.20. The number of imidazole rings is 1. The molecule has 0 saturated carbocycles. The van der Waals surface area contributed by atoms with E-state index in [1.807, 2.05) is 0 Å². The second-order valence-corrected chi connectivity index (χ2v) is 4.27. The number of hydrogen-bond acceptors (Lipinski definition) is 4. The van der Waals surface area contributed by atoms with Crippen molar-refractivity contribution in [1.29, 1.82) is 0 Å². The summed E-state index contributed by atoms with van der Waals surface area (Å²) in [6.07, 6.45) is 4.55. The number of esters is 1. The number of aromatic amines is 1. The van der Waals surface area contributed by atoms with Crippen LogP contribution in [0.2, 0.25) is 0 Å². The van der Waals surface area contributed by atoms with Crippen molar-refractivity contribution >= 4 is 17.6 Å². The number of H-pyrrole nitrogens is 1. The first-order valence-electron chi connectivity index (χ1n) is 6.17. The molecule has 0 radical (unpaired) electrons. The molecule has 0 unspecified atom stereocenters. The van der Waals surface area contributed by atoms with Gasteiger partial charge in [0.05, 0.1) is 24.8 Å². The van der Waals surface area contributed by atoms with Crippen LogP contribution in [0.25, 0.3) is 0 Å². The molecule has 0 aromatic carbocycles. The van der Waals surface area contributed by atoms with Gasteiger partial charge in [-0.1, -0.05) is 0 Å². The molecule has 0 fully saturated rings. The van der Waals surface area contributed by atoms with Crippen molar-refractivity contribution in [2.75, 3.05) is 11.9 Å². The van der Waals surface area contributed by atoms with E-state index in [-0.39, 0.29) is 12.5 Å². The summed E-state index contributed by atoms with van der Waals surface area (Å²) in [4.78, 5) is 30.8. The summed E-state index contributed by atoms with van der Waals surface area (Å²) in [6, 6.07) is 0. The lowest BCUT2D eigenvalue weighted by Gasteiger charge is -2.07. The van der Waals surface area contributed by atoms with E-state index in [2.05, 4.69) is 15.3 Å². The Labute approximate surface area is 116 Å². The predicted molar refractivity (Wildman–Crippen MR) is 72.6 cm³/mol. The van der Waals surface area contributed by atoms with Gasteiger partial charge < -0.3 is 19.6 Å². The number of carbonyl (C=O) groups excluding carboxylic acids is 2. The molecule has 0 saturated heterocycles. The zero-order valence-electron chi connectivity index (χ0n) is 11.6. The van der Waals surface area contributed by atoms with Crippen LogP contribution in [0, 0.1) is 6.92 Å². The van der Waals surface area contributed by atoms with Gasteiger partial charge in [-0.3, -0.25) is 4.79 Å². The van der Waals surface area contributed by atoms with E-state index in [9.17, 15) is 9.59 Å². The van der Waals surface area contributed by atoms with E-state index < -0.39 is 5.97 Å². The fourth-order valence-corrected chi connectivity index (χ4v) is 1.85. The molecule has 7 heteroatoms. The largest absolute Gasteiger partial charge is 0.462 e. The van der Waals surface area contributed by atoms with Crippen molar-refractivity contribution in [1.82, 2.24) is 14.5 Å². The monoisotopic (exact) mass is 276 g/mol. The third-order valence-electron chi connectivity index (χ3n) is 2.85. The number of nitrogens with one attached hydrogen (secondary N) is 2. The average Bonchev–Trinajstić information content (AvgIpc) is 2.96. The van der Waals surface area contributed by atoms with Crippen LogP contribution in [0.5, 0.6) is 0 Å². The SMILES string of the molecule is CCOC(=O)c1c(NC(=O)c2cncn2C)c[nH]c1C. The lowest BCUT2D eigenvalue weighted by molar-refractivity contribution is 0.0527. The first-order chi connectivity index (χ1) is 9.54. The fraction of sp³-hybridized carbons (Fsp3) is 0.308. The predicted octanol–water partition coefficient (Wildman–Crippen LogP) is 1.49. The van der Waals surface area contributed by atoms with Gasteiger partial charge in [-0.05, 0) is 13.8 Å². The average molecular weight is 276 g/mol. The molecule has 0 aliphatic rings. The highest BCUT2D eigenvalue weighted by molar-refractivity contribution is 6.07. The molecular weight excluding hydrogens is 260 g/mol. The Morgan fingerprint density at radius 1 is 1.50 bits per heavy atom. The Morgan fingerprint density at radius 3 is 2.85 bits per heavy atom. The molecule has 2 heterocycles. The first-order valence-corrected chi connectivity index (χ1v) is 6.17. The summed E-state index contributed by atoms with van der Waals surface area (Å²) in [5.41, 5.74) is 1.77. The summed E-state index contributed by atoms with van der Waals surface area (Å²) in [6.45, 7) is 3.75. The van der Waals surface area contributed by atoms with E-state index in [4.69, 9.17) is 4.74 Å². The van der Waals surface area contributed by atoms with Crippen molar-refractivity contribution in [2.45, 2.75) is 13.8 Å². The normalized spacial score (nSPS) is 10.3. The van der Waals surface area contributed by atoms with Crippen molar-refractivity contribution < 1.29 is 14.3 Å². The van der Waals surface area contributed by atoms with Gasteiger partial charge in [-0.2, -0.15) is 0 Å². The third-order valence-corrected chi connectivity index (χ3v) is 2.85. The van der Waals surface area contributed by atoms with Gasteiger partial charge in [0.2, 0.25) is 0 Å². The molecule has 1 amide bonds. The minimum atomic E-state index is -0.466. The van der Waals surface area contributed by atoms with Gasteiger partial charge in [0.15, 0.2) is 0 Å². The van der Waals surface area contributed by atoms with Gasteiger partial charge in [-0.15, -0.1) is 0 Å². The molecule has 0 aliphatic heterocycles. The van der Waals surface area contributed by atoms with Crippen molar-refractivity contribution in [3.05, 3.63) is 35.7 Å². The molecular formula is C13H16N4O3. The summed E-state index contributed by atoms with van der Waals surface area (Å²) < 4.78 is 6.57. The number of amides is 1. The van der Waals surface area contributed by atoms with Gasteiger partial charge in [0, 0.05) is 18.9 Å². The smallest absolute Gasteiger partial charge is 0.342 e. The summed E-state index contributed by atoms with van der Waals surface area (Å²) >= 11 is 0. The third kappa shape index (κ3) is 2.56. The van der Waals surface area contributed by atoms with Crippen LogP contribution in [0.15, 0.2) is 18.7 Å². The standard InChI is InChI=1S/C13H16N4O3/c1-4-20-13(19)11-8(2)15-5-9(11)16-12(18)10-6-14-7-17(10)3/h5-7,15H,4H2,1-3H3,(H,16,18). The number of aryl methyl sites for hydroxylation is 2. The second-order valence-electron chi connectivity index (χ2n) is 4.27. The molecule has 0 bridgehead atoms. The van der Waals surface area contributed by atoms with E-state index in [0.717, 1.165) is 0 Å². The van der Waals surface area contributed by atoms with E-state index in [1.165, 1.54) is 12.5 Å². The van der Waals surface area contributed by atoms with Crippen LogP contribution in [0.1, 0.15) is 33.5 Å². The minimum absolute atomic E-state index is 0.276. The minimum Gasteiger partial charge on any atom is -0.462 e. The van der Waals surface area contributed by atoms with E-state index in [0.29, 0.717) is 22.6 Å². The maximum Gasteiger partial charge on any atom is 0.342 e. The van der Waals surface area contributed by atoms with Crippen molar-refractivity contribution in [2.24, 2.45) is 7.05 Å². The summed E-state index contributed by atoms with van der Waals surface area (Å²) in [5.74, 6) is -0.805. The maximum absolute atomic E-state index is 12.1. The number of rotatable bonds is 4. The van der Waals surface area contributed by atoms with E-state index in [1.54, 1.807) is 31.7 Å². The van der Waals surface area contributed by atoms with E-state index >= 15 is 0 Å². The number of anilines is 1. The molecule has 2 N–H and O–H groups in total. The van der Waals surface area contributed by atoms with Gasteiger partial charge in [0.1, 0.15) is 11.3 Å². The Hall–Kier alpha value is -2.57. The van der Waals surface area contributed by atoms with Crippen LogP contribution in [-0.4, -0.2) is 33.0 Å². The second kappa shape index (κ2) is 5.60. The van der Waals surface area contributed by atoms with Crippen LogP contribution in [0.4, 0.5) is 5.69 Å². The quantitative estimate of drug-likeness (QED) is 0.828. The molecule has 2 aromatic heterocycles. The Kier molecular flexibility index (Phi) is 3.88. The van der Waals surface area contributed by atoms with Crippen molar-refractivity contribution in [3.8, 4) is 0 Å². The zero-order valence-corrected chi connectivity index (χ0v) is 11.6. The van der Waals surface area contributed by atoms with Crippen LogP contribution < -0.4 is 5.32 Å². The molecule has 0 spiro atoms. The van der Waals surface area contributed by atoms with Gasteiger partial charge in [0.25, 0.3) is 5.91 Å². The number of nitrogens with zero attached hydrogens (tertiary/aromatic N) is 2. The maximum atomic E-state index is 12.1. The molecule has 0 aliphatic carbocycles. The Morgan fingerprint density at radius 2 is 2.25 bits per heavy atom. The van der Waals surface area contributed by atoms with Crippen LogP contribution in [0.3, 0.4) is 0 Å². The fourth-order valence-electron chi connectivity index (χ4n) is 1.85. The number of carbonyl (C=O) groups is 2. The lowest BCUT2D eigenvalue weighted by Crippen LogP contribution is -2.17. The lowest BCUT2D eigenvalue weighted by atomic mass is 10.2. The molecule has 20 heavy (non-hydrogen) atoms. The first kappa shape index (κ1) is 13.9. The number of ether oxygens (including phenoxy) is 1. The molecule has 0 atom stereocenters. The Bertz CT molecular complexity index is 642. The van der Waals surface area contributed by atoms with Crippen LogP contribution in [-0.2, 0) is 11.8 Å². The number of hydrogen-bond donors (Lipinski definition) is 2. The highest BCUT2D eigenvalue weighted by Crippen LogP contribution is 2.21. The molecule has 7 nitrogen and oxygen atoms in total. The highest BCUT2D eigenvalue weighted by atomic mass is 16.5. The Balaban J connectivity index is 2.24. The molecule has 106 valence electrons.